The lowest BCUT2D eigenvalue weighted by atomic mass is 10.1. The van der Waals surface area contributed by atoms with Crippen LogP contribution in [0.25, 0.3) is 0 Å². The highest BCUT2D eigenvalue weighted by Crippen LogP contribution is 2.32. The molecule has 22 heavy (non-hydrogen) atoms. The molecule has 0 N–H and O–H groups in total. The van der Waals surface area contributed by atoms with E-state index in [2.05, 4.69) is 35.9 Å². The minimum atomic E-state index is 0.165. The van der Waals surface area contributed by atoms with Crippen LogP contribution in [-0.2, 0) is 19.4 Å². The molecule has 3 heterocycles. The smallest absolute Gasteiger partial charge is 0.264 e. The van der Waals surface area contributed by atoms with Gasteiger partial charge in [0.15, 0.2) is 0 Å². The van der Waals surface area contributed by atoms with Gasteiger partial charge in [-0.1, -0.05) is 6.42 Å². The normalized spacial score (nSPS) is 21.1. The predicted molar refractivity (Wildman–Crippen MR) is 89.5 cm³/mol. The maximum Gasteiger partial charge on any atom is 0.264 e. The van der Waals surface area contributed by atoms with Crippen molar-refractivity contribution in [3.05, 3.63) is 45.4 Å². The summed E-state index contributed by atoms with van der Waals surface area (Å²) in [5.74, 6) is 0.220. The van der Waals surface area contributed by atoms with Crippen LogP contribution in [0.2, 0.25) is 0 Å². The van der Waals surface area contributed by atoms with E-state index in [9.17, 15) is 4.79 Å². The highest BCUT2D eigenvalue weighted by Gasteiger charge is 2.29. The third kappa shape index (κ3) is 2.30. The summed E-state index contributed by atoms with van der Waals surface area (Å²) in [5, 5.41) is 0. The Morgan fingerprint density at radius 1 is 1.23 bits per heavy atom. The molecule has 2 aliphatic rings. The van der Waals surface area contributed by atoms with Gasteiger partial charge in [0.25, 0.3) is 5.91 Å². The number of rotatable bonds is 1. The first-order chi connectivity index (χ1) is 10.7. The Bertz CT molecular complexity index is 676. The molecule has 0 saturated carbocycles. The van der Waals surface area contributed by atoms with Crippen LogP contribution in [0, 0.1) is 0 Å². The first-order valence-corrected chi connectivity index (χ1v) is 9.13. The fourth-order valence-electron chi connectivity index (χ4n) is 3.77. The molecule has 1 aliphatic carbocycles. The summed E-state index contributed by atoms with van der Waals surface area (Å²) in [6, 6.07) is 6.55. The second-order valence-electron chi connectivity index (χ2n) is 6.42. The number of fused-ring (bicyclic) bond motifs is 2. The number of amides is 1. The zero-order valence-electron chi connectivity index (χ0n) is 13.0. The lowest BCUT2D eigenvalue weighted by molar-refractivity contribution is 0.0649. The standard InChI is InChI=1S/C18H22N2OS/c1-13-15-7-5-9-19(15)10-11-20(13)18(21)17-12-14-6-3-2-4-8-16(14)22-17/h5,7,9,12-13H,2-4,6,8,10-11H2,1H3/t13-/m0/s1. The lowest BCUT2D eigenvalue weighted by Crippen LogP contribution is -2.40. The molecule has 0 fully saturated rings. The first-order valence-electron chi connectivity index (χ1n) is 8.31. The molecule has 0 saturated heterocycles. The summed E-state index contributed by atoms with van der Waals surface area (Å²) in [4.78, 5) is 17.4. The number of carbonyl (C=O) groups is 1. The average Bonchev–Trinajstić information content (AvgIpc) is 3.10. The van der Waals surface area contributed by atoms with Gasteiger partial charge >= 0.3 is 0 Å². The summed E-state index contributed by atoms with van der Waals surface area (Å²) < 4.78 is 2.26. The highest BCUT2D eigenvalue weighted by molar-refractivity contribution is 7.14. The first kappa shape index (κ1) is 14.1. The molecular formula is C18H22N2OS. The largest absolute Gasteiger partial charge is 0.348 e. The number of hydrogen-bond donors (Lipinski definition) is 0. The predicted octanol–water partition coefficient (Wildman–Crippen LogP) is 4.04. The van der Waals surface area contributed by atoms with Crippen molar-refractivity contribution in [1.82, 2.24) is 9.47 Å². The van der Waals surface area contributed by atoms with Gasteiger partial charge in [0.1, 0.15) is 0 Å². The van der Waals surface area contributed by atoms with Crippen LogP contribution in [0.4, 0.5) is 0 Å². The molecule has 0 aromatic carbocycles. The number of aromatic nitrogens is 1. The van der Waals surface area contributed by atoms with Crippen LogP contribution in [0.3, 0.4) is 0 Å². The van der Waals surface area contributed by atoms with Gasteiger partial charge in [-0.15, -0.1) is 11.3 Å². The Labute approximate surface area is 135 Å². The molecule has 0 radical (unpaired) electrons. The summed E-state index contributed by atoms with van der Waals surface area (Å²) >= 11 is 1.74. The molecule has 1 atom stereocenters. The van der Waals surface area contributed by atoms with Crippen LogP contribution in [0.15, 0.2) is 24.4 Å². The second-order valence-corrected chi connectivity index (χ2v) is 7.56. The van der Waals surface area contributed by atoms with Gasteiger partial charge in [-0.3, -0.25) is 4.79 Å². The molecule has 0 spiro atoms. The number of hydrogen-bond acceptors (Lipinski definition) is 2. The van der Waals surface area contributed by atoms with Gasteiger partial charge in [0.2, 0.25) is 0 Å². The van der Waals surface area contributed by atoms with E-state index in [4.69, 9.17) is 0 Å². The summed E-state index contributed by atoms with van der Waals surface area (Å²) in [7, 11) is 0. The number of nitrogens with zero attached hydrogens (tertiary/aromatic N) is 2. The van der Waals surface area contributed by atoms with Crippen molar-refractivity contribution in [2.75, 3.05) is 6.54 Å². The fourth-order valence-corrected chi connectivity index (χ4v) is 4.98. The van der Waals surface area contributed by atoms with Crippen molar-refractivity contribution in [3.63, 3.8) is 0 Å². The highest BCUT2D eigenvalue weighted by atomic mass is 32.1. The molecule has 3 nitrogen and oxygen atoms in total. The summed E-state index contributed by atoms with van der Waals surface area (Å²) in [6.45, 7) is 3.86. The number of carbonyl (C=O) groups excluding carboxylic acids is 1. The van der Waals surface area contributed by atoms with Crippen molar-refractivity contribution in [2.45, 2.75) is 51.6 Å². The third-order valence-corrected chi connectivity index (χ3v) is 6.29. The molecule has 1 amide bonds. The SMILES string of the molecule is C[C@H]1c2cccn2CCN1C(=O)c1cc2c(s1)CCCCC2. The second kappa shape index (κ2) is 5.58. The lowest BCUT2D eigenvalue weighted by Gasteiger charge is -2.34. The minimum absolute atomic E-state index is 0.165. The zero-order chi connectivity index (χ0) is 15.1. The van der Waals surface area contributed by atoms with Crippen LogP contribution >= 0.6 is 11.3 Å². The fraction of sp³-hybridized carbons (Fsp3) is 0.500. The zero-order valence-corrected chi connectivity index (χ0v) is 13.9. The van der Waals surface area contributed by atoms with Gasteiger partial charge in [-0.2, -0.15) is 0 Å². The van der Waals surface area contributed by atoms with E-state index in [1.807, 2.05) is 4.90 Å². The monoisotopic (exact) mass is 314 g/mol. The van der Waals surface area contributed by atoms with E-state index < -0.39 is 0 Å². The van der Waals surface area contributed by atoms with Crippen LogP contribution < -0.4 is 0 Å². The van der Waals surface area contributed by atoms with Crippen LogP contribution in [0.5, 0.6) is 0 Å². The van der Waals surface area contributed by atoms with E-state index in [1.54, 1.807) is 11.3 Å². The minimum Gasteiger partial charge on any atom is -0.348 e. The molecule has 2 aromatic rings. The Balaban J connectivity index is 1.60. The van der Waals surface area contributed by atoms with Crippen molar-refractivity contribution >= 4 is 17.2 Å². The summed E-state index contributed by atoms with van der Waals surface area (Å²) in [5.41, 5.74) is 2.68. The Morgan fingerprint density at radius 3 is 3.00 bits per heavy atom. The van der Waals surface area contributed by atoms with Crippen molar-refractivity contribution < 1.29 is 4.79 Å². The Hall–Kier alpha value is -1.55. The quantitative estimate of drug-likeness (QED) is 0.729. The van der Waals surface area contributed by atoms with Gasteiger partial charge < -0.3 is 9.47 Å². The maximum atomic E-state index is 13.0. The van der Waals surface area contributed by atoms with E-state index >= 15 is 0 Å². The van der Waals surface area contributed by atoms with Gasteiger partial charge in [0.05, 0.1) is 10.9 Å². The van der Waals surface area contributed by atoms with E-state index in [-0.39, 0.29) is 11.9 Å². The Morgan fingerprint density at radius 2 is 2.09 bits per heavy atom. The average molecular weight is 314 g/mol. The van der Waals surface area contributed by atoms with Crippen LogP contribution in [0.1, 0.15) is 58.0 Å². The molecule has 0 bridgehead atoms. The summed E-state index contributed by atoms with van der Waals surface area (Å²) in [6.07, 6.45) is 8.29. The Kier molecular flexibility index (Phi) is 3.57. The molecule has 2 aromatic heterocycles. The van der Waals surface area contributed by atoms with Crippen molar-refractivity contribution in [1.29, 1.82) is 0 Å². The van der Waals surface area contributed by atoms with Crippen molar-refractivity contribution in [2.24, 2.45) is 0 Å². The molecule has 116 valence electrons. The van der Waals surface area contributed by atoms with Gasteiger partial charge in [0, 0.05) is 29.9 Å². The van der Waals surface area contributed by atoms with Crippen molar-refractivity contribution in [3.8, 4) is 0 Å². The van der Waals surface area contributed by atoms with Crippen LogP contribution in [-0.4, -0.2) is 21.9 Å². The topological polar surface area (TPSA) is 25.2 Å². The molecule has 1 aliphatic heterocycles. The number of aryl methyl sites for hydroxylation is 2. The molecule has 4 heteroatoms. The van der Waals surface area contributed by atoms with E-state index in [0.29, 0.717) is 0 Å². The molecule has 4 rings (SSSR count). The maximum absolute atomic E-state index is 13.0. The van der Waals surface area contributed by atoms with E-state index in [0.717, 1.165) is 30.8 Å². The third-order valence-electron chi connectivity index (χ3n) is 5.06. The van der Waals surface area contributed by atoms with E-state index in [1.165, 1.54) is 35.4 Å². The molecule has 0 unspecified atom stereocenters. The van der Waals surface area contributed by atoms with Gasteiger partial charge in [-0.25, -0.2) is 0 Å². The van der Waals surface area contributed by atoms with Gasteiger partial charge in [-0.05, 0) is 56.4 Å². The molecular weight excluding hydrogens is 292 g/mol. The number of thiophene rings is 1.